The van der Waals surface area contributed by atoms with E-state index in [1.807, 2.05) is 6.07 Å². The van der Waals surface area contributed by atoms with Crippen molar-refractivity contribution in [2.24, 2.45) is 17.8 Å². The van der Waals surface area contributed by atoms with Gasteiger partial charge in [-0.2, -0.15) is 0 Å². The third-order valence-electron chi connectivity index (χ3n) is 7.12. The SMILES string of the molecule is CCC1CCC(C2CCc3c(ccc(-c4ccc(OC(F)(F)F)cc4)c3F)C2)CC1. The Morgan fingerprint density at radius 1 is 0.900 bits per heavy atom. The summed E-state index contributed by atoms with van der Waals surface area (Å²) in [5.74, 6) is 1.74. The maximum absolute atomic E-state index is 15.3. The maximum Gasteiger partial charge on any atom is 0.573 e. The number of hydrogen-bond donors (Lipinski definition) is 0. The molecule has 1 saturated carbocycles. The topological polar surface area (TPSA) is 9.23 Å². The van der Waals surface area contributed by atoms with E-state index < -0.39 is 6.36 Å². The van der Waals surface area contributed by atoms with Crippen LogP contribution >= 0.6 is 0 Å². The van der Waals surface area contributed by atoms with Crippen LogP contribution in [0.2, 0.25) is 0 Å². The van der Waals surface area contributed by atoms with Crippen molar-refractivity contribution in [2.75, 3.05) is 0 Å². The van der Waals surface area contributed by atoms with E-state index in [-0.39, 0.29) is 11.6 Å². The average Bonchev–Trinajstić information content (AvgIpc) is 2.73. The van der Waals surface area contributed by atoms with Crippen LogP contribution in [0.25, 0.3) is 11.1 Å². The monoisotopic (exact) mass is 420 g/mol. The van der Waals surface area contributed by atoms with Gasteiger partial charge < -0.3 is 4.74 Å². The van der Waals surface area contributed by atoms with E-state index in [1.54, 1.807) is 6.07 Å². The Bertz CT molecular complexity index is 864. The van der Waals surface area contributed by atoms with Crippen LogP contribution < -0.4 is 4.74 Å². The lowest BCUT2D eigenvalue weighted by atomic mass is 9.69. The minimum absolute atomic E-state index is 0.231. The Hall–Kier alpha value is -2.04. The van der Waals surface area contributed by atoms with E-state index in [9.17, 15) is 13.2 Å². The van der Waals surface area contributed by atoms with E-state index in [2.05, 4.69) is 11.7 Å². The predicted octanol–water partition coefficient (Wildman–Crippen LogP) is 7.71. The first-order chi connectivity index (χ1) is 14.3. The van der Waals surface area contributed by atoms with Gasteiger partial charge in [-0.15, -0.1) is 13.2 Å². The fourth-order valence-corrected chi connectivity index (χ4v) is 5.37. The van der Waals surface area contributed by atoms with Gasteiger partial charge in [-0.25, -0.2) is 4.39 Å². The Kier molecular flexibility index (Phi) is 6.08. The Morgan fingerprint density at radius 3 is 2.23 bits per heavy atom. The molecule has 0 aliphatic heterocycles. The zero-order chi connectivity index (χ0) is 21.3. The summed E-state index contributed by atoms with van der Waals surface area (Å²) in [6.07, 6.45) is 4.49. The molecule has 0 N–H and O–H groups in total. The standard InChI is InChI=1S/C25H28F4O/c1-2-16-3-5-17(6-4-16)19-9-13-23-20(15-19)10-14-22(24(23)26)18-7-11-21(12-8-18)30-25(27,28)29/h7-8,10-12,14,16-17,19H,2-6,9,13,15H2,1H3. The van der Waals surface area contributed by atoms with Crippen molar-refractivity contribution in [2.45, 2.75) is 64.7 Å². The molecule has 4 rings (SSSR count). The van der Waals surface area contributed by atoms with Crippen molar-refractivity contribution < 1.29 is 22.3 Å². The van der Waals surface area contributed by atoms with E-state index in [1.165, 1.54) is 56.4 Å². The summed E-state index contributed by atoms with van der Waals surface area (Å²) in [5, 5.41) is 0. The van der Waals surface area contributed by atoms with Gasteiger partial charge in [0.25, 0.3) is 0 Å². The molecular formula is C25H28F4O. The second-order valence-corrected chi connectivity index (χ2v) is 8.83. The molecule has 5 heteroatoms. The van der Waals surface area contributed by atoms with Gasteiger partial charge in [-0.1, -0.05) is 50.5 Å². The molecular weight excluding hydrogens is 392 g/mol. The molecule has 0 radical (unpaired) electrons. The van der Waals surface area contributed by atoms with Gasteiger partial charge >= 0.3 is 6.36 Å². The summed E-state index contributed by atoms with van der Waals surface area (Å²) in [6.45, 7) is 2.28. The predicted molar refractivity (Wildman–Crippen MR) is 110 cm³/mol. The molecule has 2 aliphatic rings. The first-order valence-corrected chi connectivity index (χ1v) is 11.0. The van der Waals surface area contributed by atoms with Crippen molar-refractivity contribution in [1.29, 1.82) is 0 Å². The summed E-state index contributed by atoms with van der Waals surface area (Å²) in [5.41, 5.74) is 2.88. The lowest BCUT2D eigenvalue weighted by molar-refractivity contribution is -0.274. The highest BCUT2D eigenvalue weighted by atomic mass is 19.4. The summed E-state index contributed by atoms with van der Waals surface area (Å²) in [7, 11) is 0. The Balaban J connectivity index is 1.48. The number of alkyl halides is 3. The molecule has 1 unspecified atom stereocenters. The number of benzene rings is 2. The lowest BCUT2D eigenvalue weighted by Crippen LogP contribution is -2.27. The first kappa shape index (κ1) is 21.2. The Morgan fingerprint density at radius 2 is 1.60 bits per heavy atom. The number of ether oxygens (including phenoxy) is 1. The lowest BCUT2D eigenvalue weighted by Gasteiger charge is -2.36. The van der Waals surface area contributed by atoms with Gasteiger partial charge in [-0.3, -0.25) is 0 Å². The molecule has 2 aromatic rings. The molecule has 0 aromatic heterocycles. The van der Waals surface area contributed by atoms with Crippen LogP contribution in [-0.4, -0.2) is 6.36 Å². The van der Waals surface area contributed by atoms with E-state index in [0.29, 0.717) is 17.0 Å². The molecule has 1 nitrogen and oxygen atoms in total. The van der Waals surface area contributed by atoms with Crippen LogP contribution in [0, 0.1) is 23.6 Å². The molecule has 30 heavy (non-hydrogen) atoms. The van der Waals surface area contributed by atoms with Crippen molar-refractivity contribution in [3.63, 3.8) is 0 Å². The smallest absolute Gasteiger partial charge is 0.406 e. The normalized spacial score (nSPS) is 24.4. The second kappa shape index (κ2) is 8.60. The summed E-state index contributed by atoms with van der Waals surface area (Å²) in [4.78, 5) is 0. The van der Waals surface area contributed by atoms with Crippen LogP contribution in [0.15, 0.2) is 36.4 Å². The molecule has 2 aliphatic carbocycles. The van der Waals surface area contributed by atoms with Crippen molar-refractivity contribution in [1.82, 2.24) is 0 Å². The molecule has 0 spiro atoms. The molecule has 1 atom stereocenters. The molecule has 0 heterocycles. The molecule has 0 bridgehead atoms. The molecule has 1 fully saturated rings. The van der Waals surface area contributed by atoms with Crippen LogP contribution in [0.4, 0.5) is 17.6 Å². The minimum Gasteiger partial charge on any atom is -0.406 e. The van der Waals surface area contributed by atoms with Crippen LogP contribution in [0.3, 0.4) is 0 Å². The minimum atomic E-state index is -4.73. The third kappa shape index (κ3) is 4.65. The highest BCUT2D eigenvalue weighted by Gasteiger charge is 2.32. The zero-order valence-corrected chi connectivity index (χ0v) is 17.3. The number of rotatable bonds is 4. The van der Waals surface area contributed by atoms with E-state index in [4.69, 9.17) is 0 Å². The molecule has 0 saturated heterocycles. The van der Waals surface area contributed by atoms with Crippen LogP contribution in [-0.2, 0) is 12.8 Å². The fourth-order valence-electron chi connectivity index (χ4n) is 5.37. The van der Waals surface area contributed by atoms with Crippen molar-refractivity contribution in [3.05, 3.63) is 53.3 Å². The number of fused-ring (bicyclic) bond motifs is 1. The van der Waals surface area contributed by atoms with E-state index in [0.717, 1.165) is 42.2 Å². The van der Waals surface area contributed by atoms with Crippen molar-refractivity contribution in [3.8, 4) is 16.9 Å². The summed E-state index contributed by atoms with van der Waals surface area (Å²) >= 11 is 0. The highest BCUT2D eigenvalue weighted by Crippen LogP contribution is 2.42. The highest BCUT2D eigenvalue weighted by molar-refractivity contribution is 5.67. The van der Waals surface area contributed by atoms with Gasteiger partial charge in [0.15, 0.2) is 0 Å². The van der Waals surface area contributed by atoms with Gasteiger partial charge in [0.05, 0.1) is 0 Å². The van der Waals surface area contributed by atoms with Crippen LogP contribution in [0.5, 0.6) is 5.75 Å². The number of hydrogen-bond acceptors (Lipinski definition) is 1. The van der Waals surface area contributed by atoms with Crippen LogP contribution in [0.1, 0.15) is 56.6 Å². The largest absolute Gasteiger partial charge is 0.573 e. The fraction of sp³-hybridized carbons (Fsp3) is 0.520. The quantitative estimate of drug-likeness (QED) is 0.460. The van der Waals surface area contributed by atoms with Gasteiger partial charge in [0, 0.05) is 5.56 Å². The molecule has 162 valence electrons. The molecule has 0 amide bonds. The summed E-state index contributed by atoms with van der Waals surface area (Å²) in [6, 6.07) is 9.18. The van der Waals surface area contributed by atoms with E-state index >= 15 is 4.39 Å². The maximum atomic E-state index is 15.3. The Labute approximate surface area is 175 Å². The second-order valence-electron chi connectivity index (χ2n) is 8.83. The van der Waals surface area contributed by atoms with Gasteiger partial charge in [0.1, 0.15) is 11.6 Å². The number of halogens is 4. The van der Waals surface area contributed by atoms with Crippen molar-refractivity contribution >= 4 is 0 Å². The average molecular weight is 420 g/mol. The molecule has 2 aromatic carbocycles. The van der Waals surface area contributed by atoms with Gasteiger partial charge in [-0.05, 0) is 78.7 Å². The van der Waals surface area contributed by atoms with Gasteiger partial charge in [0.2, 0.25) is 0 Å². The zero-order valence-electron chi connectivity index (χ0n) is 17.3. The third-order valence-corrected chi connectivity index (χ3v) is 7.12. The first-order valence-electron chi connectivity index (χ1n) is 11.0. The summed E-state index contributed by atoms with van der Waals surface area (Å²) < 4.78 is 56.2.